The van der Waals surface area contributed by atoms with E-state index in [4.69, 9.17) is 0 Å². The minimum absolute atomic E-state index is 0.0764. The van der Waals surface area contributed by atoms with Crippen molar-refractivity contribution in [3.63, 3.8) is 0 Å². The van der Waals surface area contributed by atoms with Crippen molar-refractivity contribution < 1.29 is 4.79 Å². The van der Waals surface area contributed by atoms with Crippen molar-refractivity contribution in [2.45, 2.75) is 44.9 Å². The summed E-state index contributed by atoms with van der Waals surface area (Å²) in [6, 6.07) is 3.79. The molecule has 4 heteroatoms. The molecule has 0 radical (unpaired) electrons. The second kappa shape index (κ2) is 9.14. The van der Waals surface area contributed by atoms with E-state index >= 15 is 0 Å². The molecule has 0 unspecified atom stereocenters. The second-order valence-electron chi connectivity index (χ2n) is 5.55. The minimum atomic E-state index is 0.0764. The maximum atomic E-state index is 11.7. The van der Waals surface area contributed by atoms with Crippen molar-refractivity contribution in [3.8, 4) is 0 Å². The molecule has 1 aromatic rings. The van der Waals surface area contributed by atoms with E-state index in [0.29, 0.717) is 0 Å². The van der Waals surface area contributed by atoms with E-state index in [1.54, 1.807) is 0 Å². The number of hydrogen-bond donors (Lipinski definition) is 1. The summed E-state index contributed by atoms with van der Waals surface area (Å²) in [7, 11) is 0. The van der Waals surface area contributed by atoms with E-state index in [1.165, 1.54) is 69.5 Å². The Morgan fingerprint density at radius 2 is 1.95 bits per heavy atom. The Labute approximate surface area is 126 Å². The SMILES string of the molecule is O=C(NCCCCCN1CCCCCC1)c1cccs1. The van der Waals surface area contributed by atoms with Gasteiger partial charge in [0.1, 0.15) is 0 Å². The molecule has 0 spiro atoms. The summed E-state index contributed by atoms with van der Waals surface area (Å²) >= 11 is 1.50. The van der Waals surface area contributed by atoms with Crippen LogP contribution in [0, 0.1) is 0 Å². The van der Waals surface area contributed by atoms with Crippen molar-refractivity contribution >= 4 is 17.2 Å². The molecule has 112 valence electrons. The third-order valence-corrected chi connectivity index (χ3v) is 4.75. The highest BCUT2D eigenvalue weighted by Crippen LogP contribution is 2.11. The molecule has 0 atom stereocenters. The van der Waals surface area contributed by atoms with Gasteiger partial charge in [-0.05, 0) is 56.8 Å². The Kier molecular flexibility index (Phi) is 7.09. The molecule has 1 aliphatic heterocycles. The molecule has 1 saturated heterocycles. The summed E-state index contributed by atoms with van der Waals surface area (Å²) in [6.45, 7) is 4.61. The first-order chi connectivity index (χ1) is 9.86. The number of rotatable bonds is 7. The topological polar surface area (TPSA) is 32.3 Å². The molecule has 1 N–H and O–H groups in total. The molecule has 2 rings (SSSR count). The van der Waals surface area contributed by atoms with Crippen LogP contribution in [0.25, 0.3) is 0 Å². The standard InChI is InChI=1S/C16H26N2OS/c19-16(15-9-8-14-20-15)17-10-4-3-7-13-18-11-5-1-2-6-12-18/h8-9,14H,1-7,10-13H2,(H,17,19). The lowest BCUT2D eigenvalue weighted by Crippen LogP contribution is -2.26. The maximum absolute atomic E-state index is 11.7. The Balaban J connectivity index is 1.48. The number of nitrogens with one attached hydrogen (secondary N) is 1. The van der Waals surface area contributed by atoms with Gasteiger partial charge >= 0.3 is 0 Å². The smallest absolute Gasteiger partial charge is 0.261 e. The molecule has 1 aromatic heterocycles. The largest absolute Gasteiger partial charge is 0.351 e. The molecule has 0 saturated carbocycles. The van der Waals surface area contributed by atoms with Gasteiger partial charge in [-0.3, -0.25) is 4.79 Å². The number of unbranched alkanes of at least 4 members (excludes halogenated alkanes) is 2. The van der Waals surface area contributed by atoms with Crippen LogP contribution in [0.5, 0.6) is 0 Å². The van der Waals surface area contributed by atoms with Crippen LogP contribution in [0.1, 0.15) is 54.6 Å². The lowest BCUT2D eigenvalue weighted by molar-refractivity contribution is 0.0957. The van der Waals surface area contributed by atoms with E-state index in [-0.39, 0.29) is 5.91 Å². The number of likely N-dealkylation sites (tertiary alicyclic amines) is 1. The van der Waals surface area contributed by atoms with Gasteiger partial charge in [-0.1, -0.05) is 25.3 Å². The number of nitrogens with zero attached hydrogens (tertiary/aromatic N) is 1. The summed E-state index contributed by atoms with van der Waals surface area (Å²) in [6.07, 6.45) is 9.12. The Morgan fingerprint density at radius 1 is 1.15 bits per heavy atom. The maximum Gasteiger partial charge on any atom is 0.261 e. The average molecular weight is 294 g/mol. The molecule has 0 aliphatic carbocycles. The van der Waals surface area contributed by atoms with Gasteiger partial charge in [0.05, 0.1) is 4.88 Å². The highest BCUT2D eigenvalue weighted by Gasteiger charge is 2.08. The van der Waals surface area contributed by atoms with Crippen LogP contribution >= 0.6 is 11.3 Å². The van der Waals surface area contributed by atoms with Gasteiger partial charge < -0.3 is 10.2 Å². The molecule has 1 fully saturated rings. The van der Waals surface area contributed by atoms with Gasteiger partial charge in [0.15, 0.2) is 0 Å². The Bertz CT molecular complexity index is 370. The molecule has 1 aliphatic rings. The van der Waals surface area contributed by atoms with Crippen molar-refractivity contribution in [1.82, 2.24) is 10.2 Å². The number of carbonyl (C=O) groups excluding carboxylic acids is 1. The van der Waals surface area contributed by atoms with Crippen molar-refractivity contribution in [2.75, 3.05) is 26.2 Å². The average Bonchev–Trinajstić information content (AvgIpc) is 2.87. The Morgan fingerprint density at radius 3 is 2.65 bits per heavy atom. The minimum Gasteiger partial charge on any atom is -0.351 e. The summed E-state index contributed by atoms with van der Waals surface area (Å²) in [4.78, 5) is 15.1. The summed E-state index contributed by atoms with van der Waals surface area (Å²) in [5, 5.41) is 4.93. The molecule has 2 heterocycles. The molecule has 3 nitrogen and oxygen atoms in total. The lowest BCUT2D eigenvalue weighted by Gasteiger charge is -2.19. The first-order valence-electron chi connectivity index (χ1n) is 7.90. The van der Waals surface area contributed by atoms with Crippen LogP contribution in [-0.2, 0) is 0 Å². The Hall–Kier alpha value is -0.870. The third kappa shape index (κ3) is 5.63. The van der Waals surface area contributed by atoms with Crippen molar-refractivity contribution in [2.24, 2.45) is 0 Å². The van der Waals surface area contributed by atoms with E-state index in [1.807, 2.05) is 17.5 Å². The molecule has 1 amide bonds. The fraction of sp³-hybridized carbons (Fsp3) is 0.688. The van der Waals surface area contributed by atoms with Gasteiger partial charge in [0.25, 0.3) is 5.91 Å². The first kappa shape index (κ1) is 15.5. The second-order valence-corrected chi connectivity index (χ2v) is 6.50. The quantitative estimate of drug-likeness (QED) is 0.780. The predicted molar refractivity (Wildman–Crippen MR) is 85.4 cm³/mol. The summed E-state index contributed by atoms with van der Waals surface area (Å²) < 4.78 is 0. The zero-order valence-corrected chi connectivity index (χ0v) is 13.1. The van der Waals surface area contributed by atoms with Crippen LogP contribution in [0.3, 0.4) is 0 Å². The lowest BCUT2D eigenvalue weighted by atomic mass is 10.2. The van der Waals surface area contributed by atoms with Gasteiger partial charge in [0, 0.05) is 6.54 Å². The fourth-order valence-electron chi connectivity index (χ4n) is 2.69. The highest BCUT2D eigenvalue weighted by molar-refractivity contribution is 7.12. The zero-order valence-electron chi connectivity index (χ0n) is 12.3. The third-order valence-electron chi connectivity index (χ3n) is 3.88. The first-order valence-corrected chi connectivity index (χ1v) is 8.78. The van der Waals surface area contributed by atoms with Crippen LogP contribution in [0.15, 0.2) is 17.5 Å². The molecule has 0 aromatic carbocycles. The molecular formula is C16H26N2OS. The van der Waals surface area contributed by atoms with E-state index in [9.17, 15) is 4.79 Å². The number of amides is 1. The van der Waals surface area contributed by atoms with Gasteiger partial charge in [0.2, 0.25) is 0 Å². The predicted octanol–water partition coefficient (Wildman–Crippen LogP) is 3.52. The zero-order chi connectivity index (χ0) is 14.0. The van der Waals surface area contributed by atoms with Crippen LogP contribution < -0.4 is 5.32 Å². The van der Waals surface area contributed by atoms with Crippen molar-refractivity contribution in [3.05, 3.63) is 22.4 Å². The van der Waals surface area contributed by atoms with E-state index < -0.39 is 0 Å². The van der Waals surface area contributed by atoms with Crippen LogP contribution in [-0.4, -0.2) is 37.0 Å². The van der Waals surface area contributed by atoms with Crippen LogP contribution in [0.2, 0.25) is 0 Å². The van der Waals surface area contributed by atoms with Gasteiger partial charge in [-0.25, -0.2) is 0 Å². The van der Waals surface area contributed by atoms with Gasteiger partial charge in [-0.2, -0.15) is 0 Å². The normalized spacial score (nSPS) is 16.8. The number of thiophene rings is 1. The van der Waals surface area contributed by atoms with Crippen LogP contribution in [0.4, 0.5) is 0 Å². The van der Waals surface area contributed by atoms with Crippen molar-refractivity contribution in [1.29, 1.82) is 0 Å². The molecule has 20 heavy (non-hydrogen) atoms. The summed E-state index contributed by atoms with van der Waals surface area (Å²) in [5.41, 5.74) is 0. The number of hydrogen-bond acceptors (Lipinski definition) is 3. The molecular weight excluding hydrogens is 268 g/mol. The van der Waals surface area contributed by atoms with E-state index in [0.717, 1.165) is 17.8 Å². The fourth-order valence-corrected chi connectivity index (χ4v) is 3.33. The van der Waals surface area contributed by atoms with Gasteiger partial charge in [-0.15, -0.1) is 11.3 Å². The summed E-state index contributed by atoms with van der Waals surface area (Å²) in [5.74, 6) is 0.0764. The molecule has 0 bridgehead atoms. The monoisotopic (exact) mass is 294 g/mol. The highest BCUT2D eigenvalue weighted by atomic mass is 32.1. The van der Waals surface area contributed by atoms with E-state index in [2.05, 4.69) is 10.2 Å². The number of carbonyl (C=O) groups is 1.